The first-order valence-corrected chi connectivity index (χ1v) is 9.83. The summed E-state index contributed by atoms with van der Waals surface area (Å²) in [4.78, 5) is 26.6. The van der Waals surface area contributed by atoms with Gasteiger partial charge < -0.3 is 9.47 Å². The van der Waals surface area contributed by atoms with Gasteiger partial charge in [-0.2, -0.15) is 0 Å². The maximum Gasteiger partial charge on any atom is 0.411 e. The molecule has 1 aliphatic heterocycles. The number of amides is 1. The van der Waals surface area contributed by atoms with Gasteiger partial charge in [-0.1, -0.05) is 60.7 Å². The summed E-state index contributed by atoms with van der Waals surface area (Å²) in [7, 11) is 0. The normalized spacial score (nSPS) is 25.1. The summed E-state index contributed by atoms with van der Waals surface area (Å²) in [6.45, 7) is 5.71. The minimum absolute atomic E-state index is 0.308. The third-order valence-electron chi connectivity index (χ3n) is 6.04. The summed E-state index contributed by atoms with van der Waals surface area (Å²) in [6.07, 6.45) is 2.12. The molecule has 29 heavy (non-hydrogen) atoms. The van der Waals surface area contributed by atoms with Gasteiger partial charge in [-0.15, -0.1) is 0 Å². The molecule has 1 spiro atoms. The molecule has 1 amide bonds. The lowest BCUT2D eigenvalue weighted by Crippen LogP contribution is -2.58. The van der Waals surface area contributed by atoms with Crippen molar-refractivity contribution in [2.45, 2.75) is 50.8 Å². The molecule has 2 aliphatic rings. The molecule has 2 atom stereocenters. The van der Waals surface area contributed by atoms with Gasteiger partial charge in [0.05, 0.1) is 5.92 Å². The van der Waals surface area contributed by atoms with Crippen LogP contribution in [0.15, 0.2) is 72.5 Å². The zero-order valence-corrected chi connectivity index (χ0v) is 16.9. The summed E-state index contributed by atoms with van der Waals surface area (Å²) in [5.74, 6) is -0.0993. The number of benzene rings is 2. The van der Waals surface area contributed by atoms with Crippen LogP contribution in [-0.2, 0) is 20.8 Å². The molecule has 4 rings (SSSR count). The van der Waals surface area contributed by atoms with Crippen LogP contribution in [0.25, 0.3) is 0 Å². The van der Waals surface area contributed by atoms with Crippen molar-refractivity contribution in [2.24, 2.45) is 0 Å². The third-order valence-corrected chi connectivity index (χ3v) is 6.04. The fourth-order valence-electron chi connectivity index (χ4n) is 4.76. The predicted octanol–water partition coefficient (Wildman–Crippen LogP) is 4.79. The van der Waals surface area contributed by atoms with Gasteiger partial charge in [0.1, 0.15) is 16.9 Å². The van der Waals surface area contributed by atoms with Crippen LogP contribution in [0.5, 0.6) is 0 Å². The van der Waals surface area contributed by atoms with Crippen LogP contribution in [0.4, 0.5) is 4.79 Å². The van der Waals surface area contributed by atoms with Gasteiger partial charge in [0.2, 0.25) is 0 Å². The van der Waals surface area contributed by atoms with Crippen molar-refractivity contribution in [3.8, 4) is 0 Å². The molecule has 0 radical (unpaired) electrons. The number of hydrogen-bond acceptors (Lipinski definition) is 4. The second-order valence-corrected chi connectivity index (χ2v) is 8.12. The SMILES string of the molecule is CC(=O)OC1=CC[C@@]2([C@H]1c1ccccc1)N(Cc1ccccc1)C(=O)OC2(C)C. The molecule has 0 unspecified atom stereocenters. The van der Waals surface area contributed by atoms with Gasteiger partial charge in [0.25, 0.3) is 0 Å². The van der Waals surface area contributed by atoms with Crippen LogP contribution in [0.3, 0.4) is 0 Å². The maximum atomic E-state index is 13.0. The molecule has 0 N–H and O–H groups in total. The first-order valence-electron chi connectivity index (χ1n) is 9.83. The number of cyclic esters (lactones) is 1. The first kappa shape index (κ1) is 19.2. The Bertz CT molecular complexity index is 951. The highest BCUT2D eigenvalue weighted by Gasteiger charge is 2.66. The molecule has 1 saturated heterocycles. The van der Waals surface area contributed by atoms with Crippen LogP contribution in [0.1, 0.15) is 44.2 Å². The number of hydrogen-bond donors (Lipinski definition) is 0. The van der Waals surface area contributed by atoms with E-state index in [0.29, 0.717) is 18.7 Å². The van der Waals surface area contributed by atoms with E-state index >= 15 is 0 Å². The Balaban J connectivity index is 1.84. The molecule has 2 aromatic rings. The largest absolute Gasteiger partial charge is 0.441 e. The molecule has 0 saturated carbocycles. The second kappa shape index (κ2) is 7.07. The topological polar surface area (TPSA) is 55.8 Å². The highest BCUT2D eigenvalue weighted by Crippen LogP contribution is 2.57. The third kappa shape index (κ3) is 3.11. The summed E-state index contributed by atoms with van der Waals surface area (Å²) in [5, 5.41) is 0. The van der Waals surface area contributed by atoms with Crippen molar-refractivity contribution in [2.75, 3.05) is 0 Å². The van der Waals surface area contributed by atoms with Gasteiger partial charge in [0, 0.05) is 13.5 Å². The minimum Gasteiger partial charge on any atom is -0.441 e. The van der Waals surface area contributed by atoms with Crippen molar-refractivity contribution in [1.82, 2.24) is 4.90 Å². The van der Waals surface area contributed by atoms with E-state index in [9.17, 15) is 9.59 Å². The van der Waals surface area contributed by atoms with Crippen LogP contribution < -0.4 is 0 Å². The predicted molar refractivity (Wildman–Crippen MR) is 109 cm³/mol. The summed E-state index contributed by atoms with van der Waals surface area (Å²) < 4.78 is 11.5. The van der Waals surface area contributed by atoms with Crippen molar-refractivity contribution in [3.05, 3.63) is 83.6 Å². The minimum atomic E-state index is -0.780. The summed E-state index contributed by atoms with van der Waals surface area (Å²) >= 11 is 0. The van der Waals surface area contributed by atoms with E-state index in [1.54, 1.807) is 0 Å². The fourth-order valence-corrected chi connectivity index (χ4v) is 4.76. The van der Waals surface area contributed by atoms with E-state index in [2.05, 4.69) is 0 Å². The molecule has 5 nitrogen and oxygen atoms in total. The smallest absolute Gasteiger partial charge is 0.411 e. The van der Waals surface area contributed by atoms with Crippen LogP contribution in [0, 0.1) is 0 Å². The maximum absolute atomic E-state index is 13.0. The summed E-state index contributed by atoms with van der Waals surface area (Å²) in [6, 6.07) is 19.7. The molecule has 1 heterocycles. The number of carbonyl (C=O) groups excluding carboxylic acids is 2. The molecular formula is C24H25NO4. The van der Waals surface area contributed by atoms with Gasteiger partial charge >= 0.3 is 12.1 Å². The number of carbonyl (C=O) groups is 2. The molecule has 1 aliphatic carbocycles. The second-order valence-electron chi connectivity index (χ2n) is 8.12. The number of nitrogens with zero attached hydrogens (tertiary/aromatic N) is 1. The Kier molecular flexibility index (Phi) is 4.69. The van der Waals surface area contributed by atoms with E-state index < -0.39 is 11.1 Å². The lowest BCUT2D eigenvalue weighted by Gasteiger charge is -2.45. The molecule has 0 aromatic heterocycles. The van der Waals surface area contributed by atoms with Crippen molar-refractivity contribution in [1.29, 1.82) is 0 Å². The van der Waals surface area contributed by atoms with Crippen LogP contribution in [-0.4, -0.2) is 28.1 Å². The Morgan fingerprint density at radius 1 is 1.10 bits per heavy atom. The van der Waals surface area contributed by atoms with E-state index in [-0.39, 0.29) is 18.0 Å². The molecule has 5 heteroatoms. The van der Waals surface area contributed by atoms with Crippen molar-refractivity contribution < 1.29 is 19.1 Å². The fraction of sp³-hybridized carbons (Fsp3) is 0.333. The van der Waals surface area contributed by atoms with Crippen molar-refractivity contribution in [3.63, 3.8) is 0 Å². The Morgan fingerprint density at radius 3 is 2.34 bits per heavy atom. The molecule has 1 fully saturated rings. The zero-order chi connectivity index (χ0) is 20.6. The standard InChI is InChI=1S/C24H25NO4/c1-17(26)28-20-14-15-24(21(20)19-12-8-5-9-13-19)23(2,3)29-22(27)25(24)16-18-10-6-4-7-11-18/h4-14,21H,15-16H2,1-3H3/t21-,24-/m0/s1. The monoisotopic (exact) mass is 391 g/mol. The lowest BCUT2D eigenvalue weighted by molar-refractivity contribution is -0.137. The summed E-state index contributed by atoms with van der Waals surface area (Å²) in [5.41, 5.74) is 0.528. The lowest BCUT2D eigenvalue weighted by atomic mass is 9.70. The van der Waals surface area contributed by atoms with Crippen molar-refractivity contribution >= 4 is 12.1 Å². The van der Waals surface area contributed by atoms with Gasteiger partial charge in [-0.25, -0.2) is 4.79 Å². The Morgan fingerprint density at radius 2 is 1.72 bits per heavy atom. The number of rotatable bonds is 4. The Hall–Kier alpha value is -3.08. The van der Waals surface area contributed by atoms with Gasteiger partial charge in [-0.05, 0) is 37.5 Å². The number of ether oxygens (including phenoxy) is 2. The van der Waals surface area contributed by atoms with E-state index in [0.717, 1.165) is 11.1 Å². The van der Waals surface area contributed by atoms with Crippen LogP contribution in [0.2, 0.25) is 0 Å². The van der Waals surface area contributed by atoms with E-state index in [1.807, 2.05) is 85.5 Å². The average molecular weight is 391 g/mol. The van der Waals surface area contributed by atoms with Crippen LogP contribution >= 0.6 is 0 Å². The highest BCUT2D eigenvalue weighted by atomic mass is 16.6. The first-order chi connectivity index (χ1) is 13.8. The Labute approximate surface area is 170 Å². The molecule has 150 valence electrons. The average Bonchev–Trinajstić information content (AvgIpc) is 3.14. The van der Waals surface area contributed by atoms with E-state index in [1.165, 1.54) is 6.92 Å². The number of esters is 1. The van der Waals surface area contributed by atoms with Gasteiger partial charge in [0.15, 0.2) is 0 Å². The molecular weight excluding hydrogens is 366 g/mol. The molecule has 0 bridgehead atoms. The van der Waals surface area contributed by atoms with E-state index in [4.69, 9.17) is 9.47 Å². The highest BCUT2D eigenvalue weighted by molar-refractivity contribution is 5.75. The zero-order valence-electron chi connectivity index (χ0n) is 16.9. The van der Waals surface area contributed by atoms with Gasteiger partial charge in [-0.3, -0.25) is 9.69 Å². The quantitative estimate of drug-likeness (QED) is 0.703. The molecule has 2 aromatic carbocycles.